The second kappa shape index (κ2) is 14.1. The van der Waals surface area contributed by atoms with Crippen LogP contribution in [0.1, 0.15) is 51.0 Å². The molecule has 228 valence electrons. The maximum atomic E-state index is 15.2. The molecule has 1 saturated heterocycles. The van der Waals surface area contributed by atoms with Gasteiger partial charge in [-0.25, -0.2) is 14.2 Å². The molecule has 10 nitrogen and oxygen atoms in total. The first kappa shape index (κ1) is 32.4. The van der Waals surface area contributed by atoms with Gasteiger partial charge in [0.25, 0.3) is 6.08 Å². The summed E-state index contributed by atoms with van der Waals surface area (Å²) in [5, 5.41) is 6.18. The van der Waals surface area contributed by atoms with E-state index >= 15 is 4.39 Å². The van der Waals surface area contributed by atoms with E-state index in [-0.39, 0.29) is 42.0 Å². The molecule has 0 radical (unpaired) electrons. The molecule has 41 heavy (non-hydrogen) atoms. The van der Waals surface area contributed by atoms with Crippen LogP contribution in [0.4, 0.5) is 23.7 Å². The van der Waals surface area contributed by atoms with E-state index in [0.717, 1.165) is 5.06 Å². The van der Waals surface area contributed by atoms with Gasteiger partial charge in [0.05, 0.1) is 18.8 Å². The molecule has 2 fully saturated rings. The highest BCUT2D eigenvalue weighted by atomic mass is 19.3. The number of likely N-dealkylation sites (N-methyl/N-ethyl adjacent to an activating group) is 1. The highest BCUT2D eigenvalue weighted by molar-refractivity contribution is 5.95. The molecule has 0 unspecified atom stereocenters. The number of carbonyl (C=O) groups is 3. The van der Waals surface area contributed by atoms with Crippen LogP contribution in [0.15, 0.2) is 29.9 Å². The van der Waals surface area contributed by atoms with Crippen LogP contribution < -0.4 is 16.4 Å². The normalized spacial score (nSPS) is 22.0. The van der Waals surface area contributed by atoms with E-state index < -0.39 is 41.8 Å². The molecule has 1 heterocycles. The number of hydroxylamine groups is 2. The van der Waals surface area contributed by atoms with Crippen LogP contribution in [0.25, 0.3) is 0 Å². The maximum Gasteiger partial charge on any atom is 0.341 e. The average molecular weight is 583 g/mol. The summed E-state index contributed by atoms with van der Waals surface area (Å²) in [4.78, 5) is 47.8. The number of carbonyl (C=O) groups excluding carboxylic acids is 3. The Morgan fingerprint density at radius 3 is 2.39 bits per heavy atom. The zero-order valence-electron chi connectivity index (χ0n) is 24.3. The SMILES string of the molecule is CON(C)C(=O)N[C@@H](C(=O)N1CCN(C)[C@H](C)C1)[C@@H](C)c1ccc(NC(=O)[C@@H](N)C2CCC(=C(F)F)CC2)c(F)c1. The average Bonchev–Trinajstić information content (AvgIpc) is 2.96. The third-order valence-electron chi connectivity index (χ3n) is 8.36. The fourth-order valence-electron chi connectivity index (χ4n) is 5.23. The van der Waals surface area contributed by atoms with Crippen molar-refractivity contribution in [3.05, 3.63) is 41.2 Å². The lowest BCUT2D eigenvalue weighted by Gasteiger charge is -2.40. The fourth-order valence-corrected chi connectivity index (χ4v) is 5.23. The monoisotopic (exact) mass is 582 g/mol. The number of piperazine rings is 1. The Kier molecular flexibility index (Phi) is 11.2. The number of rotatable bonds is 8. The zero-order valence-corrected chi connectivity index (χ0v) is 24.3. The third kappa shape index (κ3) is 7.98. The van der Waals surface area contributed by atoms with Gasteiger partial charge < -0.3 is 26.2 Å². The molecule has 4 N–H and O–H groups in total. The van der Waals surface area contributed by atoms with Crippen molar-refractivity contribution in [3.8, 4) is 0 Å². The second-order valence-electron chi connectivity index (χ2n) is 11.0. The molecule has 1 aromatic rings. The second-order valence-corrected chi connectivity index (χ2v) is 11.0. The largest absolute Gasteiger partial charge is 0.341 e. The fraction of sp³-hybridized carbons (Fsp3) is 0.607. The summed E-state index contributed by atoms with van der Waals surface area (Å²) in [6, 6.07) is 1.70. The highest BCUT2D eigenvalue weighted by Crippen LogP contribution is 2.33. The van der Waals surface area contributed by atoms with Gasteiger partial charge in [-0.3, -0.25) is 14.4 Å². The van der Waals surface area contributed by atoms with Gasteiger partial charge in [-0.1, -0.05) is 13.0 Å². The van der Waals surface area contributed by atoms with Crippen molar-refractivity contribution < 1.29 is 32.4 Å². The lowest BCUT2D eigenvalue weighted by Crippen LogP contribution is -2.59. The van der Waals surface area contributed by atoms with E-state index in [2.05, 4.69) is 15.5 Å². The van der Waals surface area contributed by atoms with Crippen molar-refractivity contribution in [2.75, 3.05) is 46.2 Å². The number of nitrogens with zero attached hydrogens (tertiary/aromatic N) is 3. The number of urea groups is 1. The Labute approximate surface area is 239 Å². The molecule has 1 aliphatic carbocycles. The van der Waals surface area contributed by atoms with Gasteiger partial charge in [0.2, 0.25) is 11.8 Å². The van der Waals surface area contributed by atoms with Crippen LogP contribution in [-0.4, -0.2) is 91.7 Å². The Morgan fingerprint density at radius 1 is 1.17 bits per heavy atom. The van der Waals surface area contributed by atoms with Crippen LogP contribution >= 0.6 is 0 Å². The summed E-state index contributed by atoms with van der Waals surface area (Å²) in [5.41, 5.74) is 6.53. The lowest BCUT2D eigenvalue weighted by atomic mass is 9.81. The molecule has 2 aliphatic rings. The molecule has 1 aromatic carbocycles. The van der Waals surface area contributed by atoms with Crippen LogP contribution in [0.2, 0.25) is 0 Å². The van der Waals surface area contributed by atoms with E-state index in [9.17, 15) is 23.2 Å². The smallest absolute Gasteiger partial charge is 0.338 e. The van der Waals surface area contributed by atoms with Crippen LogP contribution in [0.3, 0.4) is 0 Å². The Balaban J connectivity index is 1.74. The molecular weight excluding hydrogens is 541 g/mol. The summed E-state index contributed by atoms with van der Waals surface area (Å²) >= 11 is 0. The Hall–Kier alpha value is -3.16. The van der Waals surface area contributed by atoms with Gasteiger partial charge in [-0.2, -0.15) is 8.78 Å². The number of hydrogen-bond acceptors (Lipinski definition) is 6. The summed E-state index contributed by atoms with van der Waals surface area (Å²) in [6.45, 7) is 5.37. The minimum absolute atomic E-state index is 0.0912. The van der Waals surface area contributed by atoms with Crippen molar-refractivity contribution in [1.29, 1.82) is 0 Å². The van der Waals surface area contributed by atoms with Crippen LogP contribution in [0.5, 0.6) is 0 Å². The van der Waals surface area contributed by atoms with Crippen molar-refractivity contribution in [3.63, 3.8) is 0 Å². The number of allylic oxidation sites excluding steroid dienone is 1. The first-order valence-electron chi connectivity index (χ1n) is 13.8. The first-order valence-corrected chi connectivity index (χ1v) is 13.8. The minimum Gasteiger partial charge on any atom is -0.338 e. The lowest BCUT2D eigenvalue weighted by molar-refractivity contribution is -0.136. The highest BCUT2D eigenvalue weighted by Gasteiger charge is 2.35. The standard InChI is InChI=1S/C28H41F3N6O4/c1-16-15-37(13-12-35(16)3)27(39)24(34-28(40)36(4)41-5)17(2)20-10-11-22(21(29)14-20)33-26(38)23(32)18-6-8-19(9-7-18)25(30)31/h10-11,14,16-18,23-24H,6-9,12-13,15,32H2,1-5H3,(H,33,38)(H,34,40)/t16-,17+,23+,24-/m1/s1. The Bertz CT molecular complexity index is 1140. The number of nitrogens with two attached hydrogens (primary N) is 1. The number of halogens is 3. The van der Waals surface area contributed by atoms with E-state index in [1.54, 1.807) is 17.9 Å². The number of benzene rings is 1. The molecule has 4 atom stereocenters. The van der Waals surface area contributed by atoms with E-state index in [1.807, 2.05) is 14.0 Å². The number of amides is 4. The predicted molar refractivity (Wildman–Crippen MR) is 148 cm³/mol. The summed E-state index contributed by atoms with van der Waals surface area (Å²) in [6.07, 6.45) is -0.612. The molecule has 0 aromatic heterocycles. The number of hydrogen-bond donors (Lipinski definition) is 3. The molecule has 0 bridgehead atoms. The minimum atomic E-state index is -1.68. The van der Waals surface area contributed by atoms with Crippen LogP contribution in [-0.2, 0) is 14.4 Å². The molecular formula is C28H41F3N6O4. The molecule has 1 saturated carbocycles. The maximum absolute atomic E-state index is 15.2. The molecule has 4 amide bonds. The van der Waals surface area contributed by atoms with E-state index in [4.69, 9.17) is 10.6 Å². The summed E-state index contributed by atoms with van der Waals surface area (Å²) in [7, 11) is 4.71. The van der Waals surface area contributed by atoms with E-state index in [0.29, 0.717) is 38.0 Å². The van der Waals surface area contributed by atoms with Gasteiger partial charge in [0.1, 0.15) is 11.9 Å². The van der Waals surface area contributed by atoms with Gasteiger partial charge >= 0.3 is 6.03 Å². The quantitative estimate of drug-likeness (QED) is 0.405. The molecule has 13 heteroatoms. The van der Waals surface area contributed by atoms with Gasteiger partial charge in [-0.15, -0.1) is 0 Å². The number of nitrogens with one attached hydrogen (secondary N) is 2. The van der Waals surface area contributed by atoms with Crippen molar-refractivity contribution in [1.82, 2.24) is 20.2 Å². The van der Waals surface area contributed by atoms with Crippen molar-refractivity contribution in [2.24, 2.45) is 11.7 Å². The van der Waals surface area contributed by atoms with Crippen molar-refractivity contribution in [2.45, 2.75) is 63.6 Å². The zero-order chi connectivity index (χ0) is 30.4. The third-order valence-corrected chi connectivity index (χ3v) is 8.36. The van der Waals surface area contributed by atoms with E-state index in [1.165, 1.54) is 26.3 Å². The summed E-state index contributed by atoms with van der Waals surface area (Å²) < 4.78 is 40.9. The Morgan fingerprint density at radius 2 is 1.83 bits per heavy atom. The van der Waals surface area contributed by atoms with Gasteiger partial charge in [-0.05, 0) is 68.8 Å². The summed E-state index contributed by atoms with van der Waals surface area (Å²) in [5.74, 6) is -2.55. The predicted octanol–water partition coefficient (Wildman–Crippen LogP) is 3.27. The topological polar surface area (TPSA) is 120 Å². The van der Waals surface area contributed by atoms with Gasteiger partial charge in [0, 0.05) is 38.6 Å². The van der Waals surface area contributed by atoms with Crippen molar-refractivity contribution >= 4 is 23.5 Å². The first-order chi connectivity index (χ1) is 19.3. The van der Waals surface area contributed by atoms with Gasteiger partial charge in [0.15, 0.2) is 0 Å². The molecule has 3 rings (SSSR count). The molecule has 1 aliphatic heterocycles. The number of anilines is 1. The van der Waals surface area contributed by atoms with Crippen LogP contribution in [0, 0.1) is 11.7 Å². The molecule has 0 spiro atoms.